The van der Waals surface area contributed by atoms with Crippen LogP contribution in [0.4, 0.5) is 0 Å². The van der Waals surface area contributed by atoms with Gasteiger partial charge in [0, 0.05) is 6.08 Å². The van der Waals surface area contributed by atoms with Gasteiger partial charge in [-0.05, 0) is 0 Å². The number of esters is 1. The number of aliphatic hydroxyl groups excluding tert-OH is 1. The fraction of sp³-hybridized carbons (Fsp3) is 0.400. The fourth-order valence-electron chi connectivity index (χ4n) is 0.205. The van der Waals surface area contributed by atoms with Crippen LogP contribution in [0.5, 0.6) is 0 Å². The van der Waals surface area contributed by atoms with Crippen molar-refractivity contribution in [1.82, 2.24) is 0 Å². The predicted octanol–water partition coefficient (Wildman–Crippen LogP) is -0.941. The molecule has 4 heteroatoms. The van der Waals surface area contributed by atoms with E-state index >= 15 is 0 Å². The van der Waals surface area contributed by atoms with E-state index in [0.717, 1.165) is 6.08 Å². The Morgan fingerprint density at radius 1 is 1.78 bits per heavy atom. The van der Waals surface area contributed by atoms with Gasteiger partial charge in [0.15, 0.2) is 0 Å². The van der Waals surface area contributed by atoms with Crippen LogP contribution < -0.4 is 0 Å². The summed E-state index contributed by atoms with van der Waals surface area (Å²) >= 11 is 0. The van der Waals surface area contributed by atoms with Gasteiger partial charge in [-0.3, -0.25) is 0 Å². The SMILES string of the molecule is C=CC(=O)OCCO.[KH]. The van der Waals surface area contributed by atoms with Gasteiger partial charge in [-0.2, -0.15) is 0 Å². The van der Waals surface area contributed by atoms with Crippen molar-refractivity contribution in [3.63, 3.8) is 0 Å². The summed E-state index contributed by atoms with van der Waals surface area (Å²) < 4.78 is 4.33. The quantitative estimate of drug-likeness (QED) is 0.326. The zero-order valence-corrected chi connectivity index (χ0v) is 4.46. The molecule has 1 N–H and O–H groups in total. The molecule has 0 aliphatic rings. The number of carbonyl (C=O) groups is 1. The first-order valence-corrected chi connectivity index (χ1v) is 2.21. The van der Waals surface area contributed by atoms with Crippen molar-refractivity contribution < 1.29 is 14.6 Å². The Kier molecular flexibility index (Phi) is 12.2. The van der Waals surface area contributed by atoms with Crippen LogP contribution >= 0.6 is 0 Å². The molecule has 0 radical (unpaired) electrons. The Balaban J connectivity index is 0. The monoisotopic (exact) mass is 156 g/mol. The van der Waals surface area contributed by atoms with Crippen LogP contribution in [0, 0.1) is 0 Å². The summed E-state index contributed by atoms with van der Waals surface area (Å²) in [6.45, 7) is 3.06. The van der Waals surface area contributed by atoms with E-state index in [9.17, 15) is 4.79 Å². The van der Waals surface area contributed by atoms with Gasteiger partial charge in [0.1, 0.15) is 6.61 Å². The molecule has 0 atom stereocenters. The van der Waals surface area contributed by atoms with Crippen LogP contribution in [0.3, 0.4) is 0 Å². The Hall–Kier alpha value is 0.806. The Morgan fingerprint density at radius 3 is 2.67 bits per heavy atom. The maximum atomic E-state index is 10.1. The van der Waals surface area contributed by atoms with E-state index in [0.29, 0.717) is 0 Å². The van der Waals surface area contributed by atoms with Crippen molar-refractivity contribution in [2.45, 2.75) is 0 Å². The van der Waals surface area contributed by atoms with Crippen LogP contribution in [0.15, 0.2) is 12.7 Å². The van der Waals surface area contributed by atoms with Crippen LogP contribution in [-0.2, 0) is 9.53 Å². The number of hydrogen-bond donors (Lipinski definition) is 1. The molecule has 0 amide bonds. The summed E-state index contributed by atoms with van der Waals surface area (Å²) in [6.07, 6.45) is 1.05. The van der Waals surface area contributed by atoms with Gasteiger partial charge < -0.3 is 9.84 Å². The number of ether oxygens (including phenoxy) is 1. The standard InChI is InChI=1S/C5H8O3.K.H/c1-2-5(7)8-4-3-6;;/h2,6H,1,3-4H2;;. The molecule has 9 heavy (non-hydrogen) atoms. The molecule has 0 aromatic rings. The normalized spacial score (nSPS) is 7.22. The summed E-state index contributed by atoms with van der Waals surface area (Å²) in [5, 5.41) is 8.10. The average molecular weight is 156 g/mol. The second-order valence-electron chi connectivity index (χ2n) is 1.10. The Morgan fingerprint density at radius 2 is 2.33 bits per heavy atom. The van der Waals surface area contributed by atoms with Crippen molar-refractivity contribution in [1.29, 1.82) is 0 Å². The molecule has 0 aromatic heterocycles. The third-order valence-electron chi connectivity index (χ3n) is 0.502. The number of hydrogen-bond acceptors (Lipinski definition) is 3. The number of carbonyl (C=O) groups excluding carboxylic acids is 1. The molecule has 0 bridgehead atoms. The van der Waals surface area contributed by atoms with E-state index in [2.05, 4.69) is 11.3 Å². The molecule has 48 valence electrons. The first-order chi connectivity index (χ1) is 3.81. The van der Waals surface area contributed by atoms with E-state index in [1.54, 1.807) is 0 Å². The third kappa shape index (κ3) is 8.81. The first-order valence-electron chi connectivity index (χ1n) is 2.21. The van der Waals surface area contributed by atoms with Gasteiger partial charge in [0.2, 0.25) is 0 Å². The van der Waals surface area contributed by atoms with Gasteiger partial charge in [-0.25, -0.2) is 4.79 Å². The zero-order valence-electron chi connectivity index (χ0n) is 4.46. The summed E-state index contributed by atoms with van der Waals surface area (Å²) in [5.74, 6) is -0.501. The van der Waals surface area contributed by atoms with E-state index in [1.807, 2.05) is 0 Å². The minimum atomic E-state index is -0.501. The van der Waals surface area contributed by atoms with Crippen molar-refractivity contribution in [3.05, 3.63) is 12.7 Å². The van der Waals surface area contributed by atoms with Crippen molar-refractivity contribution in [2.75, 3.05) is 13.2 Å². The summed E-state index contributed by atoms with van der Waals surface area (Å²) in [7, 11) is 0. The van der Waals surface area contributed by atoms with E-state index in [4.69, 9.17) is 5.11 Å². The molecule has 0 saturated carbocycles. The Labute approximate surface area is 96.5 Å². The predicted molar refractivity (Wildman–Crippen MR) is 35.4 cm³/mol. The van der Waals surface area contributed by atoms with Gasteiger partial charge in [-0.1, -0.05) is 6.58 Å². The van der Waals surface area contributed by atoms with Crippen LogP contribution in [0.25, 0.3) is 0 Å². The van der Waals surface area contributed by atoms with E-state index < -0.39 is 5.97 Å². The third-order valence-corrected chi connectivity index (χ3v) is 0.502. The molecule has 0 aliphatic heterocycles. The van der Waals surface area contributed by atoms with Crippen LogP contribution in [-0.4, -0.2) is 75.7 Å². The number of rotatable bonds is 3. The van der Waals surface area contributed by atoms with E-state index in [1.165, 1.54) is 0 Å². The molecule has 0 spiro atoms. The second-order valence-corrected chi connectivity index (χ2v) is 1.10. The molecule has 0 unspecified atom stereocenters. The summed E-state index contributed by atoms with van der Waals surface area (Å²) in [4.78, 5) is 10.1. The van der Waals surface area contributed by atoms with Crippen molar-refractivity contribution in [2.24, 2.45) is 0 Å². The molecule has 0 heterocycles. The van der Waals surface area contributed by atoms with Gasteiger partial charge in [0.05, 0.1) is 6.61 Å². The second kappa shape index (κ2) is 8.81. The molecule has 0 rings (SSSR count). The van der Waals surface area contributed by atoms with Crippen LogP contribution in [0.1, 0.15) is 0 Å². The van der Waals surface area contributed by atoms with Gasteiger partial charge in [0.25, 0.3) is 0 Å². The average Bonchev–Trinajstić information content (AvgIpc) is 1.83. The zero-order chi connectivity index (χ0) is 6.41. The Bertz CT molecular complexity index is 92.2. The molecule has 3 nitrogen and oxygen atoms in total. The summed E-state index contributed by atoms with van der Waals surface area (Å²) in [6, 6.07) is 0. The minimum absolute atomic E-state index is 0. The molecular formula is C5H9KO3. The van der Waals surface area contributed by atoms with Crippen molar-refractivity contribution in [3.8, 4) is 0 Å². The molecule has 0 aromatic carbocycles. The molecule has 0 aliphatic carbocycles. The van der Waals surface area contributed by atoms with Gasteiger partial charge in [-0.15, -0.1) is 0 Å². The van der Waals surface area contributed by atoms with Crippen LogP contribution in [0.2, 0.25) is 0 Å². The maximum absolute atomic E-state index is 10.1. The number of aliphatic hydroxyl groups is 1. The molecular weight excluding hydrogens is 147 g/mol. The van der Waals surface area contributed by atoms with Gasteiger partial charge >= 0.3 is 57.4 Å². The fourth-order valence-corrected chi connectivity index (χ4v) is 0.205. The molecule has 0 fully saturated rings. The summed E-state index contributed by atoms with van der Waals surface area (Å²) in [5.41, 5.74) is 0. The van der Waals surface area contributed by atoms with Crippen molar-refractivity contribution >= 4 is 57.4 Å². The molecule has 0 saturated heterocycles. The first kappa shape index (κ1) is 12.5. The van der Waals surface area contributed by atoms with E-state index in [-0.39, 0.29) is 64.6 Å². The topological polar surface area (TPSA) is 46.5 Å².